The Hall–Kier alpha value is -4.03. The first-order valence-electron chi connectivity index (χ1n) is 19.0. The van der Waals surface area contributed by atoms with Gasteiger partial charge in [-0.05, 0) is 108 Å². The van der Waals surface area contributed by atoms with Gasteiger partial charge in [0.05, 0.1) is 16.7 Å². The molecule has 0 radical (unpaired) electrons. The van der Waals surface area contributed by atoms with Crippen molar-refractivity contribution in [3.05, 3.63) is 46.9 Å². The van der Waals surface area contributed by atoms with E-state index >= 15 is 0 Å². The molecule has 1 fully saturated rings. The number of nitrogens with zero attached hydrogens (tertiary/aromatic N) is 6. The number of hydrogen-bond acceptors (Lipinski definition) is 11. The number of anilines is 3. The molecule has 0 aromatic carbocycles. The van der Waals surface area contributed by atoms with Crippen molar-refractivity contribution in [1.29, 1.82) is 0 Å². The second-order valence-corrected chi connectivity index (χ2v) is 13.9. The number of ether oxygens (including phenoxy) is 1. The molecule has 270 valence electrons. The highest BCUT2D eigenvalue weighted by Crippen LogP contribution is 2.36. The first-order valence-corrected chi connectivity index (χ1v) is 19.0. The van der Waals surface area contributed by atoms with Crippen LogP contribution >= 0.6 is 0 Å². The van der Waals surface area contributed by atoms with Gasteiger partial charge in [0, 0.05) is 37.9 Å². The number of H-pyrrole nitrogens is 1. The van der Waals surface area contributed by atoms with Gasteiger partial charge in [0.25, 0.3) is 5.56 Å². The summed E-state index contributed by atoms with van der Waals surface area (Å²) in [7, 11) is 0. The summed E-state index contributed by atoms with van der Waals surface area (Å²) in [5.74, 6) is 1.65. The Bertz CT molecular complexity index is 1730. The number of pyridine rings is 3. The van der Waals surface area contributed by atoms with Crippen LogP contribution in [0.4, 0.5) is 17.3 Å². The lowest BCUT2D eigenvalue weighted by molar-refractivity contribution is -0.0117. The van der Waals surface area contributed by atoms with Gasteiger partial charge in [-0.1, -0.05) is 33.6 Å². The summed E-state index contributed by atoms with van der Waals surface area (Å²) < 4.78 is 6.92. The van der Waals surface area contributed by atoms with Crippen molar-refractivity contribution < 1.29 is 4.74 Å². The summed E-state index contributed by atoms with van der Waals surface area (Å²) >= 11 is 0. The van der Waals surface area contributed by atoms with E-state index in [9.17, 15) is 4.79 Å². The smallest absolute Gasteiger partial charge is 0.319 e. The number of likely N-dealkylation sites (N-methyl/N-ethyl adjacent to an activating group) is 1. The molecular weight excluding hydrogens is 628 g/mol. The third kappa shape index (κ3) is 9.19. The third-order valence-corrected chi connectivity index (χ3v) is 10.4. The fraction of sp³-hybridized carbons (Fsp3) is 0.605. The maximum Gasteiger partial charge on any atom is 0.319 e. The van der Waals surface area contributed by atoms with Gasteiger partial charge in [-0.15, -0.1) is 0 Å². The average Bonchev–Trinajstić information content (AvgIpc) is 3.12. The van der Waals surface area contributed by atoms with Crippen LogP contribution in [0.3, 0.4) is 0 Å². The molecule has 9 rings (SSSR count). The average molecular weight is 685 g/mol. The van der Waals surface area contributed by atoms with Crippen LogP contribution in [0.25, 0.3) is 22.1 Å². The number of hydrogen-bond donors (Lipinski definition) is 4. The van der Waals surface area contributed by atoms with Crippen molar-refractivity contribution >= 4 is 39.4 Å². The molecule has 0 atom stereocenters. The molecule has 1 saturated carbocycles. The molecule has 0 saturated heterocycles. The highest BCUT2D eigenvalue weighted by atomic mass is 16.5. The zero-order valence-electron chi connectivity index (χ0n) is 30.3. The van der Waals surface area contributed by atoms with Crippen LogP contribution in [0.1, 0.15) is 85.0 Å². The molecule has 0 spiro atoms. The normalized spacial score (nSPS) is 18.5. The van der Waals surface area contributed by atoms with Crippen molar-refractivity contribution in [2.24, 2.45) is 0 Å². The second kappa shape index (κ2) is 17.3. The van der Waals surface area contributed by atoms with Gasteiger partial charge >= 0.3 is 6.01 Å². The van der Waals surface area contributed by atoms with Crippen LogP contribution in [-0.4, -0.2) is 98.7 Å². The van der Waals surface area contributed by atoms with Crippen LogP contribution in [0.5, 0.6) is 6.01 Å². The lowest BCUT2D eigenvalue weighted by Crippen LogP contribution is -2.51. The van der Waals surface area contributed by atoms with Crippen molar-refractivity contribution in [2.45, 2.75) is 96.6 Å². The van der Waals surface area contributed by atoms with Crippen molar-refractivity contribution in [3.8, 4) is 6.01 Å². The highest BCUT2D eigenvalue weighted by molar-refractivity contribution is 5.87. The monoisotopic (exact) mass is 684 g/mol. The van der Waals surface area contributed by atoms with Crippen molar-refractivity contribution in [2.75, 3.05) is 68.3 Å². The topological polar surface area (TPSA) is 136 Å². The minimum Gasteiger partial charge on any atom is -0.455 e. The van der Waals surface area contributed by atoms with E-state index in [-0.39, 0.29) is 11.2 Å². The second-order valence-electron chi connectivity index (χ2n) is 13.9. The molecule has 4 aromatic rings. The summed E-state index contributed by atoms with van der Waals surface area (Å²) in [5, 5.41) is 10.7. The first kappa shape index (κ1) is 35.8. The molecule has 4 aromatic heterocycles. The van der Waals surface area contributed by atoms with Gasteiger partial charge in [0.1, 0.15) is 22.5 Å². The van der Waals surface area contributed by atoms with E-state index in [0.29, 0.717) is 12.1 Å². The van der Waals surface area contributed by atoms with Crippen LogP contribution in [0.15, 0.2) is 41.3 Å². The van der Waals surface area contributed by atoms with Crippen LogP contribution in [-0.2, 0) is 0 Å². The Morgan fingerprint density at radius 1 is 0.860 bits per heavy atom. The quantitative estimate of drug-likeness (QED) is 0.0832. The number of rotatable bonds is 19. The summed E-state index contributed by atoms with van der Waals surface area (Å²) in [6, 6.07) is 10.2. The Morgan fingerprint density at radius 2 is 1.60 bits per heavy atom. The minimum absolute atomic E-state index is 0.117. The van der Waals surface area contributed by atoms with Crippen molar-refractivity contribution in [1.82, 2.24) is 34.7 Å². The molecule has 50 heavy (non-hydrogen) atoms. The molecule has 0 unspecified atom stereocenters. The SMILES string of the molecule is CCN(CC)CCCCCNc1nc2nc3ccc(nc13)NC1CCC(CN(CC)CCCCCNc3cc(=O)[nH]c4cccnc34)(CC1)O2. The van der Waals surface area contributed by atoms with E-state index in [1.165, 1.54) is 12.8 Å². The van der Waals surface area contributed by atoms with Gasteiger partial charge in [-0.3, -0.25) is 14.7 Å². The lowest BCUT2D eigenvalue weighted by Gasteiger charge is -2.43. The maximum atomic E-state index is 12.1. The van der Waals surface area contributed by atoms with Crippen molar-refractivity contribution in [3.63, 3.8) is 0 Å². The van der Waals surface area contributed by atoms with E-state index in [0.717, 1.165) is 143 Å². The molecule has 12 heteroatoms. The van der Waals surface area contributed by atoms with E-state index in [1.807, 2.05) is 24.3 Å². The van der Waals surface area contributed by atoms with Crippen LogP contribution < -0.4 is 26.2 Å². The number of nitrogens with one attached hydrogen (secondary N) is 4. The number of unbranched alkanes of at least 4 members (excludes halogenated alkanes) is 4. The lowest BCUT2D eigenvalue weighted by atomic mass is 9.81. The minimum atomic E-state index is -0.343. The van der Waals surface area contributed by atoms with Gasteiger partial charge in [0.2, 0.25) is 0 Å². The molecular formula is C38H56N10O2. The first-order chi connectivity index (χ1) is 24.5. The van der Waals surface area contributed by atoms with E-state index in [4.69, 9.17) is 19.7 Å². The molecule has 12 nitrogen and oxygen atoms in total. The number of fused-ring (bicyclic) bond motifs is 1. The largest absolute Gasteiger partial charge is 0.455 e. The Kier molecular flexibility index (Phi) is 12.4. The fourth-order valence-corrected chi connectivity index (χ4v) is 7.45. The number of aromatic amines is 1. The van der Waals surface area contributed by atoms with E-state index in [2.05, 4.69) is 56.5 Å². The van der Waals surface area contributed by atoms with Gasteiger partial charge in [0.15, 0.2) is 5.82 Å². The highest BCUT2D eigenvalue weighted by Gasteiger charge is 2.40. The molecule has 4 N–H and O–H groups in total. The number of aromatic nitrogens is 5. The molecule has 1 aliphatic carbocycles. The predicted molar refractivity (Wildman–Crippen MR) is 204 cm³/mol. The van der Waals surface area contributed by atoms with Gasteiger partial charge in [-0.2, -0.15) is 9.97 Å². The Morgan fingerprint density at radius 3 is 2.36 bits per heavy atom. The molecule has 6 bridgehead atoms. The molecule has 4 aliphatic heterocycles. The van der Waals surface area contributed by atoms with Gasteiger partial charge < -0.3 is 30.6 Å². The molecule has 8 heterocycles. The van der Waals surface area contributed by atoms with E-state index < -0.39 is 0 Å². The maximum absolute atomic E-state index is 12.1. The van der Waals surface area contributed by atoms with Gasteiger partial charge in [-0.25, -0.2) is 4.98 Å². The summed E-state index contributed by atoms with van der Waals surface area (Å²) in [6.45, 7) is 14.5. The summed E-state index contributed by atoms with van der Waals surface area (Å²) in [6.07, 6.45) is 12.3. The summed E-state index contributed by atoms with van der Waals surface area (Å²) in [5.41, 5.74) is 3.48. The Labute approximate surface area is 296 Å². The van der Waals surface area contributed by atoms with Crippen LogP contribution in [0.2, 0.25) is 0 Å². The zero-order valence-corrected chi connectivity index (χ0v) is 30.3. The predicted octanol–water partition coefficient (Wildman–Crippen LogP) is 6.28. The van der Waals surface area contributed by atoms with Crippen LogP contribution in [0, 0.1) is 0 Å². The standard InChI is InChI=1S/C38H56N10O2/c1-4-47(5-2)24-11-8-10-22-41-36-35-30-15-16-32(45-35)42-28-17-19-38(20-18-28,50-37(44-30)46-36)27-48(6-3)25-12-7-9-21-39-31-26-33(49)43-29-14-13-23-40-34(29)31/h13-16,23,26,28H,4-12,17-22,24-25,27H2,1-3H3,(H,42,45)(H2,39,43,49)(H,41,44,46). The molecule has 5 aliphatic rings. The third-order valence-electron chi connectivity index (χ3n) is 10.4. The zero-order chi connectivity index (χ0) is 34.8. The summed E-state index contributed by atoms with van der Waals surface area (Å²) in [4.78, 5) is 39.2. The Balaban J connectivity index is 1.06. The van der Waals surface area contributed by atoms with E-state index in [1.54, 1.807) is 12.3 Å². The fourth-order valence-electron chi connectivity index (χ4n) is 7.45. The molecule has 0 amide bonds.